The number of alkyl halides is 3. The Morgan fingerprint density at radius 2 is 1.88 bits per heavy atom. The van der Waals surface area contributed by atoms with Crippen LogP contribution in [0.15, 0.2) is 29.2 Å². The van der Waals surface area contributed by atoms with E-state index in [2.05, 4.69) is 9.82 Å². The molecular weight excluding hydrogens is 395 g/mol. The molecule has 0 radical (unpaired) electrons. The standard InChI is InChI=1S/C15H17ClF3N3O3S/c1-10-13(16)14(15(17,18)19)21-22(10)9-3-8-20-26(23,24)12-6-4-11(25-2)5-7-12/h4-7,20H,3,8-9H2,1-2H3. The predicted octanol–water partition coefficient (Wildman–Crippen LogP) is 3.24. The van der Waals surface area contributed by atoms with Crippen LogP contribution in [-0.4, -0.2) is 31.9 Å². The summed E-state index contributed by atoms with van der Waals surface area (Å²) in [6.07, 6.45) is -4.39. The molecule has 0 spiro atoms. The SMILES string of the molecule is COc1ccc(S(=O)(=O)NCCCn2nc(C(F)(F)F)c(Cl)c2C)cc1. The Morgan fingerprint density at radius 3 is 2.38 bits per heavy atom. The average Bonchev–Trinajstić information content (AvgIpc) is 2.87. The first-order chi connectivity index (χ1) is 12.1. The van der Waals surface area contributed by atoms with Gasteiger partial charge in [-0.3, -0.25) is 4.68 Å². The van der Waals surface area contributed by atoms with Gasteiger partial charge in [-0.2, -0.15) is 18.3 Å². The smallest absolute Gasteiger partial charge is 0.436 e. The van der Waals surface area contributed by atoms with Crippen molar-refractivity contribution in [2.24, 2.45) is 0 Å². The zero-order chi connectivity index (χ0) is 19.5. The third-order valence-corrected chi connectivity index (χ3v) is 5.54. The topological polar surface area (TPSA) is 73.2 Å². The van der Waals surface area contributed by atoms with E-state index in [1.54, 1.807) is 0 Å². The Bertz CT molecular complexity index is 865. The first-order valence-corrected chi connectivity index (χ1v) is 9.36. The monoisotopic (exact) mass is 411 g/mol. The number of aromatic nitrogens is 2. The molecule has 0 saturated carbocycles. The highest BCUT2D eigenvalue weighted by Gasteiger charge is 2.38. The molecule has 1 aromatic carbocycles. The molecule has 0 atom stereocenters. The Labute approximate surface area is 154 Å². The minimum atomic E-state index is -4.64. The normalized spacial score (nSPS) is 12.4. The van der Waals surface area contributed by atoms with Crippen LogP contribution in [0, 0.1) is 6.92 Å². The van der Waals surface area contributed by atoms with Gasteiger partial charge in [0.25, 0.3) is 0 Å². The second-order valence-electron chi connectivity index (χ2n) is 5.40. The Balaban J connectivity index is 1.96. The second kappa shape index (κ2) is 7.85. The lowest BCUT2D eigenvalue weighted by Gasteiger charge is -2.08. The third kappa shape index (κ3) is 4.68. The zero-order valence-electron chi connectivity index (χ0n) is 14.0. The van der Waals surface area contributed by atoms with E-state index in [1.807, 2.05) is 0 Å². The van der Waals surface area contributed by atoms with Gasteiger partial charge in [0.05, 0.1) is 22.7 Å². The summed E-state index contributed by atoms with van der Waals surface area (Å²) in [5, 5.41) is 3.01. The molecule has 0 aliphatic rings. The highest BCUT2D eigenvalue weighted by Crippen LogP contribution is 2.35. The molecule has 11 heteroatoms. The highest BCUT2D eigenvalue weighted by atomic mass is 35.5. The number of aryl methyl sites for hydroxylation is 1. The van der Waals surface area contributed by atoms with Crippen molar-refractivity contribution in [3.63, 3.8) is 0 Å². The minimum absolute atomic E-state index is 0.0344. The van der Waals surface area contributed by atoms with Crippen LogP contribution in [-0.2, 0) is 22.7 Å². The molecule has 1 aromatic heterocycles. The van der Waals surface area contributed by atoms with Gasteiger partial charge in [0.2, 0.25) is 10.0 Å². The van der Waals surface area contributed by atoms with Gasteiger partial charge in [0.15, 0.2) is 5.69 Å². The van der Waals surface area contributed by atoms with E-state index in [4.69, 9.17) is 16.3 Å². The number of rotatable bonds is 7. The van der Waals surface area contributed by atoms with Crippen LogP contribution in [0.3, 0.4) is 0 Å². The van der Waals surface area contributed by atoms with Crippen LogP contribution in [0.2, 0.25) is 5.02 Å². The van der Waals surface area contributed by atoms with Crippen LogP contribution in [0.5, 0.6) is 5.75 Å². The van der Waals surface area contributed by atoms with Crippen molar-refractivity contribution in [1.82, 2.24) is 14.5 Å². The molecule has 0 amide bonds. The fraction of sp³-hybridized carbons (Fsp3) is 0.400. The van der Waals surface area contributed by atoms with Crippen molar-refractivity contribution in [1.29, 1.82) is 0 Å². The fourth-order valence-electron chi connectivity index (χ4n) is 2.20. The van der Waals surface area contributed by atoms with Gasteiger partial charge in [0, 0.05) is 13.1 Å². The van der Waals surface area contributed by atoms with Gasteiger partial charge in [0.1, 0.15) is 5.75 Å². The maximum atomic E-state index is 12.8. The number of benzene rings is 1. The van der Waals surface area contributed by atoms with Crippen LogP contribution >= 0.6 is 11.6 Å². The average molecular weight is 412 g/mol. The summed E-state index contributed by atoms with van der Waals surface area (Å²) >= 11 is 5.66. The zero-order valence-corrected chi connectivity index (χ0v) is 15.5. The van der Waals surface area contributed by atoms with Crippen molar-refractivity contribution in [2.45, 2.75) is 31.0 Å². The van der Waals surface area contributed by atoms with Crippen molar-refractivity contribution in [3.8, 4) is 5.75 Å². The quantitative estimate of drug-likeness (QED) is 0.710. The predicted molar refractivity (Wildman–Crippen MR) is 89.8 cm³/mol. The van der Waals surface area contributed by atoms with E-state index >= 15 is 0 Å². The van der Waals surface area contributed by atoms with Crippen molar-refractivity contribution >= 4 is 21.6 Å². The summed E-state index contributed by atoms with van der Waals surface area (Å²) in [6.45, 7) is 1.55. The molecule has 0 aliphatic heterocycles. The number of hydrogen-bond donors (Lipinski definition) is 1. The first-order valence-electron chi connectivity index (χ1n) is 7.50. The number of halogens is 4. The lowest BCUT2D eigenvalue weighted by Crippen LogP contribution is -2.25. The van der Waals surface area contributed by atoms with Gasteiger partial charge in [-0.05, 0) is 37.6 Å². The van der Waals surface area contributed by atoms with Crippen molar-refractivity contribution < 1.29 is 26.3 Å². The van der Waals surface area contributed by atoms with Gasteiger partial charge >= 0.3 is 6.18 Å². The van der Waals surface area contributed by atoms with E-state index in [-0.39, 0.29) is 30.1 Å². The van der Waals surface area contributed by atoms with Crippen molar-refractivity contribution in [2.75, 3.05) is 13.7 Å². The van der Waals surface area contributed by atoms with Crippen molar-refractivity contribution in [3.05, 3.63) is 40.7 Å². The maximum Gasteiger partial charge on any atom is 0.436 e. The second-order valence-corrected chi connectivity index (χ2v) is 7.54. The Hall–Kier alpha value is -1.78. The number of nitrogens with one attached hydrogen (secondary N) is 1. The van der Waals surface area contributed by atoms with Gasteiger partial charge in [-0.1, -0.05) is 11.6 Å². The number of nitrogens with zero attached hydrogens (tertiary/aromatic N) is 2. The number of sulfonamides is 1. The number of methoxy groups -OCH3 is 1. The first kappa shape index (κ1) is 20.5. The third-order valence-electron chi connectivity index (χ3n) is 3.61. The van der Waals surface area contributed by atoms with Gasteiger partial charge < -0.3 is 4.74 Å². The molecule has 0 saturated heterocycles. The summed E-state index contributed by atoms with van der Waals surface area (Å²) in [7, 11) is -2.25. The molecule has 144 valence electrons. The Morgan fingerprint density at radius 1 is 1.27 bits per heavy atom. The fourth-order valence-corrected chi connectivity index (χ4v) is 3.51. The summed E-state index contributed by atoms with van der Waals surface area (Å²) in [4.78, 5) is 0.0657. The molecule has 2 aromatic rings. The molecule has 0 aliphatic carbocycles. The van der Waals surface area contributed by atoms with Gasteiger partial charge in [-0.15, -0.1) is 0 Å². The maximum absolute atomic E-state index is 12.8. The molecule has 0 bridgehead atoms. The number of ether oxygens (including phenoxy) is 1. The molecular formula is C15H17ClF3N3O3S. The molecule has 6 nitrogen and oxygen atoms in total. The molecule has 1 N–H and O–H groups in total. The van der Waals surface area contributed by atoms with Crippen LogP contribution in [0.25, 0.3) is 0 Å². The molecule has 26 heavy (non-hydrogen) atoms. The van der Waals surface area contributed by atoms with Gasteiger partial charge in [-0.25, -0.2) is 13.1 Å². The molecule has 0 fully saturated rings. The Kier molecular flexibility index (Phi) is 6.20. The van der Waals surface area contributed by atoms with E-state index in [0.717, 1.165) is 4.68 Å². The summed E-state index contributed by atoms with van der Waals surface area (Å²) in [5.41, 5.74) is -0.965. The van der Waals surface area contributed by atoms with Crippen LogP contribution in [0.4, 0.5) is 13.2 Å². The molecule has 0 unspecified atom stereocenters. The van der Waals surface area contributed by atoms with E-state index in [1.165, 1.54) is 38.3 Å². The molecule has 2 rings (SSSR count). The lowest BCUT2D eigenvalue weighted by atomic mass is 10.3. The highest BCUT2D eigenvalue weighted by molar-refractivity contribution is 7.89. The van der Waals surface area contributed by atoms with Crippen LogP contribution < -0.4 is 9.46 Å². The van der Waals surface area contributed by atoms with E-state index in [9.17, 15) is 21.6 Å². The summed E-state index contributed by atoms with van der Waals surface area (Å²) < 4.78 is 71.1. The molecule has 1 heterocycles. The number of hydrogen-bond acceptors (Lipinski definition) is 4. The lowest BCUT2D eigenvalue weighted by molar-refractivity contribution is -0.141. The van der Waals surface area contributed by atoms with Crippen LogP contribution in [0.1, 0.15) is 17.8 Å². The summed E-state index contributed by atoms with van der Waals surface area (Å²) in [5.74, 6) is 0.524. The minimum Gasteiger partial charge on any atom is -0.497 e. The van der Waals surface area contributed by atoms with E-state index < -0.39 is 26.9 Å². The largest absolute Gasteiger partial charge is 0.497 e. The summed E-state index contributed by atoms with van der Waals surface area (Å²) in [6, 6.07) is 5.83. The van der Waals surface area contributed by atoms with E-state index in [0.29, 0.717) is 5.75 Å².